The molecule has 4 rings (SSSR count). The molecule has 13 atom stereocenters. The van der Waals surface area contributed by atoms with Crippen molar-refractivity contribution in [2.75, 3.05) is 6.56 Å². The molecule has 260 valence electrons. The molecule has 1 aliphatic heterocycles. The minimum absolute atomic E-state index is 0.0231. The van der Waals surface area contributed by atoms with E-state index < -0.39 is 89.4 Å². The van der Waals surface area contributed by atoms with E-state index in [1.165, 1.54) is 27.7 Å². The topological polar surface area (TPSA) is 132 Å². The van der Waals surface area contributed by atoms with Crippen LogP contribution < -0.4 is 0 Å². The average Bonchev–Trinajstić information content (AvgIpc) is 3.29. The van der Waals surface area contributed by atoms with Crippen LogP contribution >= 0.6 is 0 Å². The number of carbonyl (C=O) groups is 5. The second-order valence-corrected chi connectivity index (χ2v) is 15.2. The molecule has 0 radical (unpaired) electrons. The van der Waals surface area contributed by atoms with E-state index in [4.69, 9.17) is 23.7 Å². The maximum Gasteiger partial charge on any atom is 0.309 e. The molecule has 0 spiro atoms. The highest BCUT2D eigenvalue weighted by Gasteiger charge is 2.64. The van der Waals surface area contributed by atoms with E-state index in [-0.39, 0.29) is 42.4 Å². The summed E-state index contributed by atoms with van der Waals surface area (Å²) in [5.41, 5.74) is -1.66. The number of hydrogen-bond acceptors (Lipinski definition) is 10. The molecule has 0 bridgehead atoms. The van der Waals surface area contributed by atoms with Crippen molar-refractivity contribution in [1.29, 1.82) is 0 Å². The van der Waals surface area contributed by atoms with Gasteiger partial charge in [-0.05, 0) is 78.4 Å². The molecule has 1 saturated heterocycles. The van der Waals surface area contributed by atoms with Crippen molar-refractivity contribution in [2.45, 2.75) is 132 Å². The van der Waals surface area contributed by atoms with Crippen molar-refractivity contribution in [3.63, 3.8) is 0 Å². The molecule has 0 unspecified atom stereocenters. The van der Waals surface area contributed by atoms with Crippen molar-refractivity contribution in [1.82, 2.24) is 0 Å². The number of fused-ring (bicyclic) bond motifs is 5. The third kappa shape index (κ3) is 6.96. The first kappa shape index (κ1) is 31.9. The van der Waals surface area contributed by atoms with Gasteiger partial charge in [0.25, 0.3) is 0 Å². The summed E-state index contributed by atoms with van der Waals surface area (Å²) in [6.07, 6.45) is -1.28. The zero-order valence-electron chi connectivity index (χ0n) is 32.2. The van der Waals surface area contributed by atoms with Crippen LogP contribution in [0.4, 0.5) is 0 Å². The number of ether oxygens (including phenoxy) is 5. The Bertz CT molecular complexity index is 1320. The summed E-state index contributed by atoms with van der Waals surface area (Å²) >= 11 is 0. The molecule has 0 aromatic rings. The van der Waals surface area contributed by atoms with E-state index in [0.29, 0.717) is 25.7 Å². The highest BCUT2D eigenvalue weighted by Crippen LogP contribution is 2.66. The lowest BCUT2D eigenvalue weighted by atomic mass is 9.48. The summed E-state index contributed by atoms with van der Waals surface area (Å²) in [7, 11) is 0. The molecule has 0 amide bonds. The van der Waals surface area contributed by atoms with Crippen LogP contribution in [0, 0.1) is 58.1 Å². The maximum absolute atomic E-state index is 13.9. The standard InChI is InChI=1S/C36H56O10/c1-18(2)19(3)32(45-23(7)39)33(46-24(8)40)20(4)26-11-12-27-25-17-42-34(41)29-15-30(43-21(5)37)31(44-22(6)38)16-36(29,10)28(25)13-14-35(26,27)9/h18-20,25-33H,11-17H2,1-10H3/t19-,20+,25+,26-,27+,28+,29-,30+,31-,32-,33-,35-,36-/m1/s1/i17D2,29D. The third-order valence-corrected chi connectivity index (χ3v) is 12.1. The second kappa shape index (κ2) is 13.8. The SMILES string of the molecule is [2H]C1([2H])OC(=O)[C@@]2([2H])C[C@H](OC(C)=O)[C@H](OC(C)=O)C[C@]2(C)[C@H]2CC[C@]3(C)[C@@H]([C@H](C)[C@@H](OC(C)=O)[C@H](OC(C)=O)[C@H](C)C(C)C)CC[C@H]3[C@@H]21. The summed E-state index contributed by atoms with van der Waals surface area (Å²) < 4.78 is 56.8. The number of esters is 5. The van der Waals surface area contributed by atoms with Crippen LogP contribution in [0.3, 0.4) is 0 Å². The van der Waals surface area contributed by atoms with Gasteiger partial charge in [0, 0.05) is 41.4 Å². The van der Waals surface area contributed by atoms with Crippen molar-refractivity contribution in [3.8, 4) is 0 Å². The van der Waals surface area contributed by atoms with Crippen LogP contribution in [0.2, 0.25) is 0 Å². The molecule has 0 N–H and O–H groups in total. The van der Waals surface area contributed by atoms with E-state index in [1.54, 1.807) is 6.92 Å². The average molecular weight is 652 g/mol. The first-order valence-corrected chi connectivity index (χ1v) is 16.9. The minimum Gasteiger partial charge on any atom is -0.465 e. The fourth-order valence-corrected chi connectivity index (χ4v) is 9.64. The molecular formula is C36H56O10. The van der Waals surface area contributed by atoms with Crippen molar-refractivity contribution in [3.05, 3.63) is 0 Å². The fraction of sp³-hybridized carbons (Fsp3) is 0.861. The molecule has 46 heavy (non-hydrogen) atoms. The van der Waals surface area contributed by atoms with Crippen molar-refractivity contribution >= 4 is 29.8 Å². The predicted octanol–water partition coefficient (Wildman–Crippen LogP) is 5.67. The van der Waals surface area contributed by atoms with Gasteiger partial charge in [0.05, 0.1) is 15.2 Å². The summed E-state index contributed by atoms with van der Waals surface area (Å²) in [4.78, 5) is 62.9. The minimum atomic E-state index is -2.42. The van der Waals surface area contributed by atoms with Crippen LogP contribution in [0.15, 0.2) is 0 Å². The smallest absolute Gasteiger partial charge is 0.309 e. The Morgan fingerprint density at radius 2 is 1.39 bits per heavy atom. The lowest BCUT2D eigenvalue weighted by molar-refractivity contribution is -0.189. The molecule has 10 heteroatoms. The van der Waals surface area contributed by atoms with Gasteiger partial charge in [0.15, 0.2) is 0 Å². The maximum atomic E-state index is 13.9. The number of cyclic esters (lactones) is 1. The number of hydrogen-bond donors (Lipinski definition) is 0. The Hall–Kier alpha value is -2.65. The van der Waals surface area contributed by atoms with E-state index in [1.807, 2.05) is 27.7 Å². The van der Waals surface area contributed by atoms with Crippen molar-refractivity contribution < 1.29 is 51.8 Å². The van der Waals surface area contributed by atoms with Gasteiger partial charge in [-0.15, -0.1) is 0 Å². The lowest BCUT2D eigenvalue weighted by Crippen LogP contribution is -2.56. The molecule has 4 fully saturated rings. The van der Waals surface area contributed by atoms with Gasteiger partial charge < -0.3 is 23.7 Å². The van der Waals surface area contributed by atoms with Crippen LogP contribution in [0.1, 0.15) is 112 Å². The highest BCUT2D eigenvalue weighted by molar-refractivity contribution is 5.75. The normalized spacial score (nSPS) is 41.6. The van der Waals surface area contributed by atoms with Gasteiger partial charge in [0.1, 0.15) is 24.4 Å². The third-order valence-electron chi connectivity index (χ3n) is 12.1. The zero-order chi connectivity index (χ0) is 37.0. The Morgan fingerprint density at radius 3 is 1.96 bits per heavy atom. The van der Waals surface area contributed by atoms with Gasteiger partial charge in [-0.1, -0.05) is 41.5 Å². The summed E-state index contributed by atoms with van der Waals surface area (Å²) in [6.45, 7) is 14.7. The highest BCUT2D eigenvalue weighted by atomic mass is 16.6. The Kier molecular flexibility index (Phi) is 9.60. The summed E-state index contributed by atoms with van der Waals surface area (Å²) in [6, 6.07) is 0. The Balaban J connectivity index is 1.76. The van der Waals surface area contributed by atoms with Crippen LogP contribution in [-0.2, 0) is 47.7 Å². The largest absolute Gasteiger partial charge is 0.465 e. The second-order valence-electron chi connectivity index (χ2n) is 15.2. The molecule has 1 heterocycles. The first-order valence-electron chi connectivity index (χ1n) is 18.4. The van der Waals surface area contributed by atoms with Gasteiger partial charge in [0.2, 0.25) is 0 Å². The Morgan fingerprint density at radius 1 is 0.826 bits per heavy atom. The van der Waals surface area contributed by atoms with Gasteiger partial charge in [-0.2, -0.15) is 0 Å². The van der Waals surface area contributed by atoms with E-state index in [2.05, 4.69) is 6.92 Å². The van der Waals surface area contributed by atoms with Gasteiger partial charge in [-0.25, -0.2) is 0 Å². The fourth-order valence-electron chi connectivity index (χ4n) is 9.64. The van der Waals surface area contributed by atoms with E-state index in [9.17, 15) is 28.1 Å². The van der Waals surface area contributed by atoms with Gasteiger partial charge >= 0.3 is 29.8 Å². The lowest BCUT2D eigenvalue weighted by Gasteiger charge is -2.56. The molecule has 3 saturated carbocycles. The zero-order valence-corrected chi connectivity index (χ0v) is 29.2. The summed E-state index contributed by atoms with van der Waals surface area (Å²) in [5.74, 6) is -7.05. The van der Waals surface area contributed by atoms with Crippen LogP contribution in [0.5, 0.6) is 0 Å². The molecule has 4 aliphatic rings. The molecule has 0 aromatic heterocycles. The summed E-state index contributed by atoms with van der Waals surface area (Å²) in [5, 5.41) is 0. The van der Waals surface area contributed by atoms with Crippen molar-refractivity contribution in [2.24, 2.45) is 58.1 Å². The van der Waals surface area contributed by atoms with Gasteiger partial charge in [-0.3, -0.25) is 24.0 Å². The predicted molar refractivity (Wildman–Crippen MR) is 168 cm³/mol. The number of carbonyl (C=O) groups excluding carboxylic acids is 5. The monoisotopic (exact) mass is 651 g/mol. The first-order chi connectivity index (χ1) is 22.5. The number of rotatable bonds is 9. The van der Waals surface area contributed by atoms with Crippen LogP contribution in [-0.4, -0.2) is 60.8 Å². The molecular weight excluding hydrogens is 592 g/mol. The van der Waals surface area contributed by atoms with E-state index in [0.717, 1.165) is 0 Å². The quantitative estimate of drug-likeness (QED) is 0.227. The van der Waals surface area contributed by atoms with E-state index >= 15 is 0 Å². The molecule has 3 aliphatic carbocycles. The molecule has 0 aromatic carbocycles. The Labute approximate surface area is 278 Å². The van der Waals surface area contributed by atoms with Crippen LogP contribution in [0.25, 0.3) is 0 Å². The molecule has 10 nitrogen and oxygen atoms in total.